The fraction of sp³-hybridized carbons (Fsp3) is 0.400. The van der Waals surface area contributed by atoms with Crippen LogP contribution in [0.1, 0.15) is 44.9 Å². The third kappa shape index (κ3) is 3.61. The molecule has 0 aliphatic carbocycles. The third-order valence-corrected chi connectivity index (χ3v) is 5.98. The summed E-state index contributed by atoms with van der Waals surface area (Å²) >= 11 is 1.52. The second-order valence-electron chi connectivity index (χ2n) is 6.61. The first kappa shape index (κ1) is 17.7. The molecule has 0 unspecified atom stereocenters. The molecule has 0 spiro atoms. The first-order valence-corrected chi connectivity index (χ1v) is 9.49. The maximum absolute atomic E-state index is 12.9. The molecule has 0 radical (unpaired) electrons. The van der Waals surface area contributed by atoms with Gasteiger partial charge in [-0.3, -0.25) is 9.59 Å². The predicted molar refractivity (Wildman–Crippen MR) is 99.3 cm³/mol. The van der Waals surface area contributed by atoms with Crippen LogP contribution >= 0.6 is 11.3 Å². The van der Waals surface area contributed by atoms with E-state index in [1.165, 1.54) is 21.8 Å². The van der Waals surface area contributed by atoms with Gasteiger partial charge in [-0.15, -0.1) is 11.3 Å². The monoisotopic (exact) mass is 357 g/mol. The van der Waals surface area contributed by atoms with Gasteiger partial charge in [0.05, 0.1) is 10.8 Å². The molecule has 0 bridgehead atoms. The van der Waals surface area contributed by atoms with Crippen LogP contribution < -0.4 is 0 Å². The van der Waals surface area contributed by atoms with Crippen LogP contribution in [-0.2, 0) is 11.2 Å². The van der Waals surface area contributed by atoms with Gasteiger partial charge in [-0.25, -0.2) is 0 Å². The van der Waals surface area contributed by atoms with Crippen molar-refractivity contribution < 1.29 is 14.7 Å². The van der Waals surface area contributed by atoms with Crippen molar-refractivity contribution in [3.63, 3.8) is 0 Å². The van der Waals surface area contributed by atoms with Gasteiger partial charge in [0.1, 0.15) is 0 Å². The maximum atomic E-state index is 12.9. The first-order valence-electron chi connectivity index (χ1n) is 8.67. The summed E-state index contributed by atoms with van der Waals surface area (Å²) in [6.45, 7) is 4.90. The van der Waals surface area contributed by atoms with E-state index in [0.29, 0.717) is 6.54 Å². The van der Waals surface area contributed by atoms with Crippen molar-refractivity contribution >= 4 is 23.2 Å². The molecular formula is C20H23NO3S. The fourth-order valence-electron chi connectivity index (χ4n) is 3.56. The lowest BCUT2D eigenvalue weighted by Gasteiger charge is -2.15. The highest BCUT2D eigenvalue weighted by Gasteiger charge is 2.40. The van der Waals surface area contributed by atoms with Crippen LogP contribution in [-0.4, -0.2) is 35.0 Å². The minimum atomic E-state index is -0.835. The second kappa shape index (κ2) is 7.40. The molecule has 1 aliphatic heterocycles. The van der Waals surface area contributed by atoms with Gasteiger partial charge in [0.2, 0.25) is 0 Å². The zero-order chi connectivity index (χ0) is 18.0. The molecule has 2 heterocycles. The number of rotatable bonds is 5. The fourth-order valence-corrected chi connectivity index (χ4v) is 4.60. The molecule has 1 saturated heterocycles. The smallest absolute Gasteiger partial charge is 0.308 e. The summed E-state index contributed by atoms with van der Waals surface area (Å²) < 4.78 is 0. The topological polar surface area (TPSA) is 57.6 Å². The van der Waals surface area contributed by atoms with Crippen LogP contribution in [0.2, 0.25) is 0 Å². The van der Waals surface area contributed by atoms with Gasteiger partial charge in [0.15, 0.2) is 0 Å². The number of nitrogens with zero attached hydrogens (tertiary/aromatic N) is 1. The Hall–Kier alpha value is -2.14. The van der Waals surface area contributed by atoms with Crippen molar-refractivity contribution in [1.82, 2.24) is 4.90 Å². The number of carboxylic acid groups (broad SMARTS) is 1. The van der Waals surface area contributed by atoms with E-state index >= 15 is 0 Å². The van der Waals surface area contributed by atoms with Gasteiger partial charge in [-0.1, -0.05) is 43.7 Å². The SMILES string of the molecule is CCCc1cc(C(=O)N2C[C@H](C(=O)O)[C@H](c3ccccc3)C2)sc1C. The summed E-state index contributed by atoms with van der Waals surface area (Å²) in [5.74, 6) is -1.58. The molecule has 2 atom stereocenters. The summed E-state index contributed by atoms with van der Waals surface area (Å²) in [6, 6.07) is 11.6. The van der Waals surface area contributed by atoms with E-state index in [1.807, 2.05) is 43.3 Å². The molecule has 1 aromatic carbocycles. The van der Waals surface area contributed by atoms with Crippen LogP contribution in [0.4, 0.5) is 0 Å². The predicted octanol–water partition coefficient (Wildman–Crippen LogP) is 3.95. The molecule has 132 valence electrons. The number of aryl methyl sites for hydroxylation is 2. The molecule has 1 amide bonds. The molecular weight excluding hydrogens is 334 g/mol. The van der Waals surface area contributed by atoms with E-state index in [2.05, 4.69) is 6.92 Å². The number of carbonyl (C=O) groups excluding carboxylic acids is 1. The minimum absolute atomic E-state index is 0.0415. The van der Waals surface area contributed by atoms with E-state index in [4.69, 9.17) is 0 Å². The van der Waals surface area contributed by atoms with Crippen LogP contribution in [0.5, 0.6) is 0 Å². The van der Waals surface area contributed by atoms with Crippen molar-refractivity contribution in [2.45, 2.75) is 32.6 Å². The molecule has 1 fully saturated rings. The van der Waals surface area contributed by atoms with Crippen LogP contribution in [0.25, 0.3) is 0 Å². The van der Waals surface area contributed by atoms with Crippen molar-refractivity contribution in [2.24, 2.45) is 5.92 Å². The molecule has 1 N–H and O–H groups in total. The van der Waals surface area contributed by atoms with Crippen molar-refractivity contribution in [3.05, 3.63) is 57.3 Å². The number of hydrogen-bond acceptors (Lipinski definition) is 3. The lowest BCUT2D eigenvalue weighted by molar-refractivity contribution is -0.141. The Kier molecular flexibility index (Phi) is 5.23. The Balaban J connectivity index is 1.82. The Bertz CT molecular complexity index is 769. The summed E-state index contributed by atoms with van der Waals surface area (Å²) in [7, 11) is 0. The van der Waals surface area contributed by atoms with E-state index in [1.54, 1.807) is 4.90 Å². The molecule has 1 aromatic heterocycles. The lowest BCUT2D eigenvalue weighted by atomic mass is 9.89. The quantitative estimate of drug-likeness (QED) is 0.881. The molecule has 2 aromatic rings. The highest BCUT2D eigenvalue weighted by atomic mass is 32.1. The largest absolute Gasteiger partial charge is 0.481 e. The minimum Gasteiger partial charge on any atom is -0.481 e. The van der Waals surface area contributed by atoms with E-state index in [0.717, 1.165) is 23.3 Å². The summed E-state index contributed by atoms with van der Waals surface area (Å²) in [4.78, 5) is 28.2. The average molecular weight is 357 g/mol. The lowest BCUT2D eigenvalue weighted by Crippen LogP contribution is -2.29. The summed E-state index contributed by atoms with van der Waals surface area (Å²) in [5, 5.41) is 9.60. The summed E-state index contributed by atoms with van der Waals surface area (Å²) in [6.07, 6.45) is 2.02. The Morgan fingerprint density at radius 1 is 1.24 bits per heavy atom. The Morgan fingerprint density at radius 3 is 2.60 bits per heavy atom. The highest BCUT2D eigenvalue weighted by Crippen LogP contribution is 2.34. The molecule has 25 heavy (non-hydrogen) atoms. The molecule has 4 nitrogen and oxygen atoms in total. The zero-order valence-corrected chi connectivity index (χ0v) is 15.4. The number of carboxylic acids is 1. The van der Waals surface area contributed by atoms with Gasteiger partial charge in [-0.05, 0) is 30.5 Å². The standard InChI is InChI=1S/C20H23NO3S/c1-3-7-15-10-18(25-13(15)2)19(22)21-11-16(17(12-21)20(23)24)14-8-5-4-6-9-14/h4-6,8-10,16-17H,3,7,11-12H2,1-2H3,(H,23,24)/t16-,17-/m0/s1. The number of carbonyl (C=O) groups is 2. The van der Waals surface area contributed by atoms with Gasteiger partial charge < -0.3 is 10.0 Å². The number of aliphatic carboxylic acids is 1. The maximum Gasteiger partial charge on any atom is 0.308 e. The van der Waals surface area contributed by atoms with Crippen LogP contribution in [0, 0.1) is 12.8 Å². The number of benzene rings is 1. The van der Waals surface area contributed by atoms with Gasteiger partial charge >= 0.3 is 5.97 Å². The number of likely N-dealkylation sites (tertiary alicyclic amines) is 1. The number of thiophene rings is 1. The normalized spacial score (nSPS) is 20.0. The van der Waals surface area contributed by atoms with Crippen LogP contribution in [0.15, 0.2) is 36.4 Å². The van der Waals surface area contributed by atoms with Crippen molar-refractivity contribution in [3.8, 4) is 0 Å². The Morgan fingerprint density at radius 2 is 1.96 bits per heavy atom. The molecule has 3 rings (SSSR count). The molecule has 0 saturated carbocycles. The van der Waals surface area contributed by atoms with Crippen molar-refractivity contribution in [1.29, 1.82) is 0 Å². The number of hydrogen-bond donors (Lipinski definition) is 1. The second-order valence-corrected chi connectivity index (χ2v) is 7.87. The van der Waals surface area contributed by atoms with Crippen LogP contribution in [0.3, 0.4) is 0 Å². The highest BCUT2D eigenvalue weighted by molar-refractivity contribution is 7.14. The first-order chi connectivity index (χ1) is 12.0. The van der Waals surface area contributed by atoms with Gasteiger partial charge in [0, 0.05) is 23.9 Å². The van der Waals surface area contributed by atoms with E-state index < -0.39 is 11.9 Å². The van der Waals surface area contributed by atoms with E-state index in [9.17, 15) is 14.7 Å². The van der Waals surface area contributed by atoms with Crippen molar-refractivity contribution in [2.75, 3.05) is 13.1 Å². The Labute approximate surface area is 152 Å². The number of amides is 1. The van der Waals surface area contributed by atoms with E-state index in [-0.39, 0.29) is 18.4 Å². The summed E-state index contributed by atoms with van der Waals surface area (Å²) in [5.41, 5.74) is 2.21. The zero-order valence-electron chi connectivity index (χ0n) is 14.6. The van der Waals surface area contributed by atoms with Gasteiger partial charge in [-0.2, -0.15) is 0 Å². The average Bonchev–Trinajstić information content (AvgIpc) is 3.20. The molecule has 1 aliphatic rings. The van der Waals surface area contributed by atoms with Gasteiger partial charge in [0.25, 0.3) is 5.91 Å². The molecule has 5 heteroatoms. The third-order valence-electron chi connectivity index (χ3n) is 4.90.